The minimum atomic E-state index is -0.289. The molecule has 1 aliphatic heterocycles. The highest BCUT2D eigenvalue weighted by Crippen LogP contribution is 2.27. The van der Waals surface area contributed by atoms with E-state index in [0.717, 1.165) is 35.3 Å². The number of amides is 1. The Balaban J connectivity index is 1.22. The number of carbonyl (C=O) groups is 1. The lowest BCUT2D eigenvalue weighted by Crippen LogP contribution is -2.32. The first-order valence-corrected chi connectivity index (χ1v) is 13.2. The molecule has 0 atom stereocenters. The molecule has 0 saturated heterocycles. The van der Waals surface area contributed by atoms with E-state index in [1.165, 1.54) is 6.07 Å². The Morgan fingerprint density at radius 1 is 0.975 bits per heavy atom. The van der Waals surface area contributed by atoms with Gasteiger partial charge in [-0.25, -0.2) is 9.07 Å². The van der Waals surface area contributed by atoms with Crippen LogP contribution in [-0.4, -0.2) is 40.9 Å². The summed E-state index contributed by atoms with van der Waals surface area (Å²) in [5.74, 6) is 0.801. The van der Waals surface area contributed by atoms with E-state index in [0.29, 0.717) is 47.9 Å². The number of aromatic nitrogens is 2. The van der Waals surface area contributed by atoms with Crippen LogP contribution in [0.1, 0.15) is 38.3 Å². The second-order valence-electron chi connectivity index (χ2n) is 10.0. The van der Waals surface area contributed by atoms with Gasteiger partial charge >= 0.3 is 0 Å². The molecule has 0 saturated carbocycles. The fraction of sp³-hybridized carbons (Fsp3) is 0.290. The van der Waals surface area contributed by atoms with E-state index in [1.807, 2.05) is 54.2 Å². The zero-order chi connectivity index (χ0) is 28.4. The van der Waals surface area contributed by atoms with Crippen LogP contribution < -0.4 is 20.3 Å². The highest BCUT2D eigenvalue weighted by atomic mass is 19.1. The summed E-state index contributed by atoms with van der Waals surface area (Å²) >= 11 is 0. The Bertz CT molecular complexity index is 1610. The van der Waals surface area contributed by atoms with Gasteiger partial charge in [0.1, 0.15) is 5.82 Å². The van der Waals surface area contributed by atoms with Gasteiger partial charge < -0.3 is 14.8 Å². The highest BCUT2D eigenvalue weighted by molar-refractivity contribution is 5.94. The molecule has 208 valence electrons. The lowest BCUT2D eigenvalue weighted by molar-refractivity contribution is 0.0951. The third-order valence-corrected chi connectivity index (χ3v) is 7.45. The van der Waals surface area contributed by atoms with Gasteiger partial charge in [-0.05, 0) is 66.1 Å². The molecule has 5 rings (SSSR count). The SMILES string of the molecule is COc1ccc(CNC(=O)c2ccc(CN3CCc4c(c(=O)n(-c5ccc(F)c(C)c5)n4C)C3)cc2)cc1OC. The lowest BCUT2D eigenvalue weighted by Gasteiger charge is -2.26. The van der Waals surface area contributed by atoms with E-state index in [2.05, 4.69) is 10.2 Å². The number of hydrogen-bond acceptors (Lipinski definition) is 5. The fourth-order valence-corrected chi connectivity index (χ4v) is 5.22. The zero-order valence-corrected chi connectivity index (χ0v) is 23.2. The maximum atomic E-state index is 13.8. The molecule has 1 N–H and O–H groups in total. The molecule has 1 aliphatic rings. The summed E-state index contributed by atoms with van der Waals surface area (Å²) in [6.45, 7) is 4.06. The molecule has 9 heteroatoms. The molecule has 0 radical (unpaired) electrons. The number of rotatable bonds is 8. The summed E-state index contributed by atoms with van der Waals surface area (Å²) in [7, 11) is 5.04. The lowest BCUT2D eigenvalue weighted by atomic mass is 10.1. The molecule has 2 heterocycles. The normalized spacial score (nSPS) is 13.1. The first kappa shape index (κ1) is 27.2. The fourth-order valence-electron chi connectivity index (χ4n) is 5.22. The average Bonchev–Trinajstić information content (AvgIpc) is 3.22. The van der Waals surface area contributed by atoms with Crippen molar-refractivity contribution in [2.24, 2.45) is 7.05 Å². The van der Waals surface area contributed by atoms with Crippen LogP contribution in [0.2, 0.25) is 0 Å². The van der Waals surface area contributed by atoms with Gasteiger partial charge in [-0.15, -0.1) is 0 Å². The maximum absolute atomic E-state index is 13.8. The van der Waals surface area contributed by atoms with Crippen LogP contribution in [0.15, 0.2) is 65.5 Å². The van der Waals surface area contributed by atoms with Crippen LogP contribution in [0.5, 0.6) is 11.5 Å². The minimum absolute atomic E-state index is 0.0743. The van der Waals surface area contributed by atoms with Crippen LogP contribution in [0, 0.1) is 12.7 Å². The van der Waals surface area contributed by atoms with Crippen molar-refractivity contribution in [3.8, 4) is 17.2 Å². The molecule has 0 unspecified atom stereocenters. The predicted molar refractivity (Wildman–Crippen MR) is 151 cm³/mol. The van der Waals surface area contributed by atoms with Gasteiger partial charge in [0, 0.05) is 50.9 Å². The number of fused-ring (bicyclic) bond motifs is 1. The summed E-state index contributed by atoms with van der Waals surface area (Å²) in [5, 5.41) is 2.94. The van der Waals surface area contributed by atoms with E-state index < -0.39 is 0 Å². The van der Waals surface area contributed by atoms with Crippen molar-refractivity contribution >= 4 is 5.91 Å². The minimum Gasteiger partial charge on any atom is -0.493 e. The number of carbonyl (C=O) groups excluding carboxylic acids is 1. The van der Waals surface area contributed by atoms with Crippen LogP contribution >= 0.6 is 0 Å². The predicted octanol–water partition coefficient (Wildman–Crippen LogP) is 4.13. The van der Waals surface area contributed by atoms with E-state index in [-0.39, 0.29) is 17.3 Å². The van der Waals surface area contributed by atoms with Gasteiger partial charge in [0.05, 0.1) is 25.5 Å². The molecular weight excluding hydrogens is 511 g/mol. The number of hydrogen-bond donors (Lipinski definition) is 1. The average molecular weight is 545 g/mol. The van der Waals surface area contributed by atoms with Crippen LogP contribution in [0.4, 0.5) is 4.39 Å². The van der Waals surface area contributed by atoms with E-state index >= 15 is 0 Å². The number of nitrogens with one attached hydrogen (secondary N) is 1. The third kappa shape index (κ3) is 5.37. The van der Waals surface area contributed by atoms with Crippen molar-refractivity contribution in [3.63, 3.8) is 0 Å². The van der Waals surface area contributed by atoms with Crippen molar-refractivity contribution < 1.29 is 18.7 Å². The Hall–Kier alpha value is -4.37. The number of methoxy groups -OCH3 is 2. The topological polar surface area (TPSA) is 77.7 Å². The number of benzene rings is 3. The Morgan fingerprint density at radius 2 is 1.70 bits per heavy atom. The highest BCUT2D eigenvalue weighted by Gasteiger charge is 2.26. The van der Waals surface area contributed by atoms with E-state index in [9.17, 15) is 14.0 Å². The Morgan fingerprint density at radius 3 is 2.40 bits per heavy atom. The van der Waals surface area contributed by atoms with Gasteiger partial charge in [-0.1, -0.05) is 18.2 Å². The summed E-state index contributed by atoms with van der Waals surface area (Å²) in [6, 6.07) is 17.8. The van der Waals surface area contributed by atoms with Gasteiger partial charge in [0.2, 0.25) is 0 Å². The molecule has 0 aliphatic carbocycles. The van der Waals surface area contributed by atoms with Crippen molar-refractivity contribution in [2.45, 2.75) is 33.0 Å². The second-order valence-corrected chi connectivity index (χ2v) is 10.0. The second kappa shape index (κ2) is 11.4. The maximum Gasteiger partial charge on any atom is 0.276 e. The van der Waals surface area contributed by atoms with Gasteiger partial charge in [-0.3, -0.25) is 19.2 Å². The molecule has 0 bridgehead atoms. The summed E-state index contributed by atoms with van der Waals surface area (Å²) < 4.78 is 27.9. The molecule has 0 spiro atoms. The number of nitrogens with zero attached hydrogens (tertiary/aromatic N) is 3. The molecule has 1 amide bonds. The Labute approximate surface area is 232 Å². The quantitative estimate of drug-likeness (QED) is 0.361. The van der Waals surface area contributed by atoms with Crippen molar-refractivity contribution in [1.29, 1.82) is 0 Å². The molecular formula is C31H33FN4O4. The monoisotopic (exact) mass is 544 g/mol. The number of ether oxygens (including phenoxy) is 2. The molecule has 0 fully saturated rings. The van der Waals surface area contributed by atoms with E-state index in [1.54, 1.807) is 38.0 Å². The van der Waals surface area contributed by atoms with Crippen LogP contribution in [0.25, 0.3) is 5.69 Å². The summed E-state index contributed by atoms with van der Waals surface area (Å²) in [5.41, 5.74) is 5.40. The van der Waals surface area contributed by atoms with Gasteiger partial charge in [-0.2, -0.15) is 0 Å². The van der Waals surface area contributed by atoms with Gasteiger partial charge in [0.15, 0.2) is 11.5 Å². The molecule has 8 nitrogen and oxygen atoms in total. The number of halogens is 1. The zero-order valence-electron chi connectivity index (χ0n) is 23.2. The molecule has 40 heavy (non-hydrogen) atoms. The largest absolute Gasteiger partial charge is 0.493 e. The van der Waals surface area contributed by atoms with Crippen LogP contribution in [-0.2, 0) is 33.1 Å². The number of aryl methyl sites for hydroxylation is 1. The standard InChI is InChI=1S/C31H33FN4O4/c1-20-15-24(10-11-26(20)32)36-31(38)25-19-35(14-13-27(25)34(36)2)18-21-5-8-23(9-6-21)30(37)33-17-22-7-12-28(39-3)29(16-22)40-4/h5-12,15-16H,13-14,17-19H2,1-4H3,(H,33,37). The first-order chi connectivity index (χ1) is 19.3. The van der Waals surface area contributed by atoms with Crippen molar-refractivity contribution in [1.82, 2.24) is 19.6 Å². The van der Waals surface area contributed by atoms with Crippen LogP contribution in [0.3, 0.4) is 0 Å². The summed E-state index contributed by atoms with van der Waals surface area (Å²) in [6.07, 6.45) is 0.741. The van der Waals surface area contributed by atoms with E-state index in [4.69, 9.17) is 9.47 Å². The summed E-state index contributed by atoms with van der Waals surface area (Å²) in [4.78, 5) is 28.3. The Kier molecular flexibility index (Phi) is 7.75. The molecule has 4 aromatic rings. The van der Waals surface area contributed by atoms with Crippen molar-refractivity contribution in [2.75, 3.05) is 20.8 Å². The smallest absolute Gasteiger partial charge is 0.276 e. The van der Waals surface area contributed by atoms with Gasteiger partial charge in [0.25, 0.3) is 11.5 Å². The van der Waals surface area contributed by atoms with Crippen molar-refractivity contribution in [3.05, 3.63) is 110 Å². The molecule has 1 aromatic heterocycles. The molecule has 3 aromatic carbocycles. The first-order valence-electron chi connectivity index (χ1n) is 13.2. The third-order valence-electron chi connectivity index (χ3n) is 7.45.